The molecule has 0 fully saturated rings. The van der Waals surface area contributed by atoms with E-state index in [1.54, 1.807) is 34.3 Å². The van der Waals surface area contributed by atoms with E-state index in [0.717, 1.165) is 28.2 Å². The topological polar surface area (TPSA) is 59.8 Å². The maximum Gasteiger partial charge on any atom is 0.257 e. The van der Waals surface area contributed by atoms with Crippen LogP contribution in [-0.4, -0.2) is 20.7 Å². The minimum Gasteiger partial charge on any atom is -0.322 e. The van der Waals surface area contributed by atoms with E-state index in [0.29, 0.717) is 11.4 Å². The quantitative estimate of drug-likeness (QED) is 0.555. The summed E-state index contributed by atoms with van der Waals surface area (Å²) in [5.74, 6) is 0.501. The van der Waals surface area contributed by atoms with Crippen molar-refractivity contribution in [2.24, 2.45) is 0 Å². The van der Waals surface area contributed by atoms with Crippen LogP contribution in [0, 0.1) is 13.8 Å². The fourth-order valence-corrected chi connectivity index (χ4v) is 3.58. The van der Waals surface area contributed by atoms with E-state index in [9.17, 15) is 4.79 Å². The van der Waals surface area contributed by atoms with Crippen molar-refractivity contribution in [3.63, 3.8) is 0 Å². The summed E-state index contributed by atoms with van der Waals surface area (Å²) in [6.07, 6.45) is 1.57. The molecule has 0 unspecified atom stereocenters. The van der Waals surface area contributed by atoms with Crippen molar-refractivity contribution in [1.82, 2.24) is 14.8 Å². The fourth-order valence-electron chi connectivity index (χ4n) is 2.91. The van der Waals surface area contributed by atoms with Gasteiger partial charge in [-0.25, -0.2) is 9.67 Å². The Morgan fingerprint density at radius 3 is 2.63 bits per heavy atom. The average molecular weight is 374 g/mol. The van der Waals surface area contributed by atoms with Crippen LogP contribution >= 0.6 is 11.3 Å². The Kier molecular flexibility index (Phi) is 4.56. The zero-order valence-electron chi connectivity index (χ0n) is 15.0. The molecule has 0 bridgehead atoms. The maximum absolute atomic E-state index is 12.6. The number of nitrogens with one attached hydrogen (secondary N) is 1. The SMILES string of the molecule is Cc1cc(C)n(-c2ccc(C(=O)Nc3cccc(-c4ccsc4)c3)cn2)n1. The molecule has 3 aromatic heterocycles. The highest BCUT2D eigenvalue weighted by Gasteiger charge is 2.10. The summed E-state index contributed by atoms with van der Waals surface area (Å²) in [6.45, 7) is 3.91. The Balaban J connectivity index is 1.52. The highest BCUT2D eigenvalue weighted by Crippen LogP contribution is 2.25. The van der Waals surface area contributed by atoms with Gasteiger partial charge in [0.2, 0.25) is 0 Å². The number of anilines is 1. The summed E-state index contributed by atoms with van der Waals surface area (Å²) < 4.78 is 1.77. The zero-order valence-corrected chi connectivity index (χ0v) is 15.8. The average Bonchev–Trinajstić information content (AvgIpc) is 3.32. The first kappa shape index (κ1) is 17.2. The minimum absolute atomic E-state index is 0.190. The molecule has 0 saturated carbocycles. The molecular weight excluding hydrogens is 356 g/mol. The molecule has 4 aromatic rings. The van der Waals surface area contributed by atoms with Crippen LogP contribution in [0.5, 0.6) is 0 Å². The molecule has 0 aliphatic carbocycles. The number of rotatable bonds is 4. The lowest BCUT2D eigenvalue weighted by molar-refractivity contribution is 0.102. The highest BCUT2D eigenvalue weighted by molar-refractivity contribution is 7.08. The third kappa shape index (κ3) is 3.66. The van der Waals surface area contributed by atoms with Gasteiger partial charge >= 0.3 is 0 Å². The van der Waals surface area contributed by atoms with Crippen LogP contribution in [0.25, 0.3) is 16.9 Å². The zero-order chi connectivity index (χ0) is 18.8. The molecule has 134 valence electrons. The number of carbonyl (C=O) groups is 1. The third-order valence-corrected chi connectivity index (χ3v) is 4.89. The molecule has 4 rings (SSSR count). The number of hydrogen-bond acceptors (Lipinski definition) is 4. The van der Waals surface area contributed by atoms with E-state index in [1.807, 2.05) is 49.6 Å². The van der Waals surface area contributed by atoms with Crippen molar-refractivity contribution in [2.75, 3.05) is 5.32 Å². The standard InChI is InChI=1S/C21H18N4OS/c1-14-10-15(2)25(24-14)20-7-6-17(12-22-20)21(26)23-19-5-3-4-16(11-19)18-8-9-27-13-18/h3-13H,1-2H3,(H,23,26). The summed E-state index contributed by atoms with van der Waals surface area (Å²) >= 11 is 1.65. The van der Waals surface area contributed by atoms with Crippen LogP contribution in [-0.2, 0) is 0 Å². The molecule has 0 aliphatic rings. The first-order chi connectivity index (χ1) is 13.1. The van der Waals surface area contributed by atoms with Crippen LogP contribution < -0.4 is 5.32 Å². The first-order valence-corrected chi connectivity index (χ1v) is 9.48. The molecule has 5 nitrogen and oxygen atoms in total. The molecular formula is C21H18N4OS. The van der Waals surface area contributed by atoms with Crippen molar-refractivity contribution in [3.8, 4) is 16.9 Å². The van der Waals surface area contributed by atoms with Gasteiger partial charge in [0.1, 0.15) is 0 Å². The second-order valence-electron chi connectivity index (χ2n) is 6.29. The van der Waals surface area contributed by atoms with Crippen LogP contribution in [0.1, 0.15) is 21.7 Å². The van der Waals surface area contributed by atoms with Gasteiger partial charge in [-0.05, 0) is 72.1 Å². The molecule has 1 aromatic carbocycles. The summed E-state index contributed by atoms with van der Waals surface area (Å²) in [5.41, 5.74) is 5.41. The van der Waals surface area contributed by atoms with E-state index in [-0.39, 0.29) is 5.91 Å². The molecule has 0 atom stereocenters. The molecule has 0 aliphatic heterocycles. The predicted octanol–water partition coefficient (Wildman–Crippen LogP) is 4.86. The van der Waals surface area contributed by atoms with E-state index in [4.69, 9.17) is 0 Å². The first-order valence-electron chi connectivity index (χ1n) is 8.54. The van der Waals surface area contributed by atoms with Crippen molar-refractivity contribution in [1.29, 1.82) is 0 Å². The van der Waals surface area contributed by atoms with Crippen molar-refractivity contribution >= 4 is 22.9 Å². The van der Waals surface area contributed by atoms with Gasteiger partial charge in [-0.15, -0.1) is 0 Å². The van der Waals surface area contributed by atoms with Crippen molar-refractivity contribution < 1.29 is 4.79 Å². The number of carbonyl (C=O) groups excluding carboxylic acids is 1. The van der Waals surface area contributed by atoms with E-state index in [1.165, 1.54) is 0 Å². The van der Waals surface area contributed by atoms with Gasteiger partial charge in [0.15, 0.2) is 5.82 Å². The number of hydrogen-bond donors (Lipinski definition) is 1. The molecule has 0 radical (unpaired) electrons. The van der Waals surface area contributed by atoms with Gasteiger partial charge in [0, 0.05) is 17.6 Å². The second kappa shape index (κ2) is 7.17. The Bertz CT molecular complexity index is 1080. The second-order valence-corrected chi connectivity index (χ2v) is 7.07. The monoisotopic (exact) mass is 374 g/mol. The van der Waals surface area contributed by atoms with E-state index >= 15 is 0 Å². The Hall–Kier alpha value is -3.25. The van der Waals surface area contributed by atoms with Gasteiger partial charge in [-0.1, -0.05) is 12.1 Å². The largest absolute Gasteiger partial charge is 0.322 e. The minimum atomic E-state index is -0.190. The number of amides is 1. The van der Waals surface area contributed by atoms with Gasteiger partial charge in [0.05, 0.1) is 11.3 Å². The number of thiophene rings is 1. The predicted molar refractivity (Wildman–Crippen MR) is 109 cm³/mol. The summed E-state index contributed by atoms with van der Waals surface area (Å²) in [6, 6.07) is 15.4. The smallest absolute Gasteiger partial charge is 0.257 e. The molecule has 0 saturated heterocycles. The molecule has 0 spiro atoms. The van der Waals surface area contributed by atoms with Gasteiger partial charge in [-0.3, -0.25) is 4.79 Å². The van der Waals surface area contributed by atoms with Gasteiger partial charge in [-0.2, -0.15) is 16.4 Å². The summed E-state index contributed by atoms with van der Waals surface area (Å²) in [5, 5.41) is 11.5. The number of benzene rings is 1. The molecule has 1 amide bonds. The lowest BCUT2D eigenvalue weighted by Crippen LogP contribution is -2.13. The van der Waals surface area contributed by atoms with E-state index < -0.39 is 0 Å². The number of nitrogens with zero attached hydrogens (tertiary/aromatic N) is 3. The van der Waals surface area contributed by atoms with Crippen molar-refractivity contribution in [2.45, 2.75) is 13.8 Å². The number of aryl methyl sites for hydroxylation is 2. The highest BCUT2D eigenvalue weighted by atomic mass is 32.1. The lowest BCUT2D eigenvalue weighted by atomic mass is 10.1. The fraction of sp³-hybridized carbons (Fsp3) is 0.0952. The summed E-state index contributed by atoms with van der Waals surface area (Å²) in [4.78, 5) is 16.9. The molecule has 3 heterocycles. The van der Waals surface area contributed by atoms with Crippen LogP contribution in [0.3, 0.4) is 0 Å². The maximum atomic E-state index is 12.6. The normalized spacial score (nSPS) is 10.7. The Morgan fingerprint density at radius 2 is 1.96 bits per heavy atom. The number of aromatic nitrogens is 3. The van der Waals surface area contributed by atoms with Crippen LogP contribution in [0.15, 0.2) is 65.5 Å². The van der Waals surface area contributed by atoms with Crippen LogP contribution in [0.2, 0.25) is 0 Å². The van der Waals surface area contributed by atoms with Gasteiger partial charge in [0.25, 0.3) is 5.91 Å². The molecule has 6 heteroatoms. The van der Waals surface area contributed by atoms with Crippen molar-refractivity contribution in [3.05, 3.63) is 82.4 Å². The van der Waals surface area contributed by atoms with Crippen LogP contribution in [0.4, 0.5) is 5.69 Å². The van der Waals surface area contributed by atoms with Gasteiger partial charge < -0.3 is 5.32 Å². The number of pyridine rings is 1. The Labute approximate surface area is 161 Å². The summed E-state index contributed by atoms with van der Waals surface area (Å²) in [7, 11) is 0. The third-order valence-electron chi connectivity index (χ3n) is 4.21. The van der Waals surface area contributed by atoms with E-state index in [2.05, 4.69) is 26.8 Å². The molecule has 27 heavy (non-hydrogen) atoms. The Morgan fingerprint density at radius 1 is 1.07 bits per heavy atom. The lowest BCUT2D eigenvalue weighted by Gasteiger charge is -2.08. The molecule has 1 N–H and O–H groups in total.